The fraction of sp³-hybridized carbons (Fsp3) is 0.708. The highest BCUT2D eigenvalue weighted by Gasteiger charge is 2.18. The zero-order valence-corrected chi connectivity index (χ0v) is 17.7. The molecule has 0 bridgehead atoms. The minimum absolute atomic E-state index is 0.0978. The molecule has 0 unspecified atom stereocenters. The van der Waals surface area contributed by atoms with E-state index in [2.05, 4.69) is 24.4 Å². The largest absolute Gasteiger partial charge is 0.481 e. The Bertz CT molecular complexity index is 492. The molecule has 28 heavy (non-hydrogen) atoms. The van der Waals surface area contributed by atoms with Crippen LogP contribution in [0.5, 0.6) is 0 Å². The second kappa shape index (κ2) is 16.4. The van der Waals surface area contributed by atoms with Crippen LogP contribution >= 0.6 is 0 Å². The van der Waals surface area contributed by atoms with Crippen LogP contribution in [0.25, 0.3) is 0 Å². The molecule has 0 heterocycles. The van der Waals surface area contributed by atoms with Gasteiger partial charge in [0.05, 0.1) is 12.1 Å². The molecular weight excluding hydrogens is 350 g/mol. The van der Waals surface area contributed by atoms with Gasteiger partial charge in [-0.2, -0.15) is 0 Å². The van der Waals surface area contributed by atoms with Gasteiger partial charge in [-0.15, -0.1) is 0 Å². The second-order valence-electron chi connectivity index (χ2n) is 7.94. The quantitative estimate of drug-likeness (QED) is 0.253. The third-order valence-electron chi connectivity index (χ3n) is 5.35. The number of aliphatic carboxylic acids is 1. The molecule has 160 valence electrons. The summed E-state index contributed by atoms with van der Waals surface area (Å²) in [6.07, 6.45) is 14.2. The summed E-state index contributed by atoms with van der Waals surface area (Å²) in [5.74, 6) is -0.708. The van der Waals surface area contributed by atoms with E-state index in [-0.39, 0.29) is 18.6 Å². The van der Waals surface area contributed by atoms with Crippen molar-refractivity contribution in [1.29, 1.82) is 0 Å². The summed E-state index contributed by atoms with van der Waals surface area (Å²) in [4.78, 5) is 10.5. The maximum absolute atomic E-state index is 10.7. The van der Waals surface area contributed by atoms with Crippen molar-refractivity contribution < 1.29 is 15.0 Å². The van der Waals surface area contributed by atoms with Crippen LogP contribution in [0.2, 0.25) is 0 Å². The molecule has 0 amide bonds. The number of hydrogen-bond donors (Lipinski definition) is 3. The number of carbonyl (C=O) groups is 1. The van der Waals surface area contributed by atoms with E-state index in [9.17, 15) is 9.90 Å². The molecule has 1 rings (SSSR count). The predicted octanol–water partition coefficient (Wildman–Crippen LogP) is 6.39. The minimum Gasteiger partial charge on any atom is -0.481 e. The first-order chi connectivity index (χ1) is 13.6. The molecule has 0 aliphatic heterocycles. The van der Waals surface area contributed by atoms with Crippen LogP contribution in [-0.2, 0) is 4.79 Å². The molecule has 4 nitrogen and oxygen atoms in total. The third kappa shape index (κ3) is 12.8. The summed E-state index contributed by atoms with van der Waals surface area (Å²) in [6, 6.07) is 10.3. The van der Waals surface area contributed by atoms with Gasteiger partial charge in [0.1, 0.15) is 0 Å². The third-order valence-corrected chi connectivity index (χ3v) is 5.35. The second-order valence-corrected chi connectivity index (χ2v) is 7.94. The molecule has 0 spiro atoms. The van der Waals surface area contributed by atoms with E-state index < -0.39 is 5.97 Å². The molecule has 0 aromatic heterocycles. The zero-order chi connectivity index (χ0) is 20.5. The molecule has 4 heteroatoms. The molecule has 0 aliphatic carbocycles. The smallest absolute Gasteiger partial charge is 0.303 e. The molecule has 0 fully saturated rings. The van der Waals surface area contributed by atoms with Crippen LogP contribution in [0.1, 0.15) is 96.8 Å². The van der Waals surface area contributed by atoms with Crippen LogP contribution in [0, 0.1) is 0 Å². The van der Waals surface area contributed by atoms with Crippen molar-refractivity contribution in [1.82, 2.24) is 0 Å². The standard InChI is InChI=1S/C24H41NO3/c1-2-3-4-5-7-13-18-22(25-21-16-11-10-12-17-21)23(26)19-14-8-6-9-15-20-24(27)28/h10-12,16-17,22-23,25-26H,2-9,13-15,18-20H2,1H3,(H,27,28)/t22-,23-/m1/s1. The number of anilines is 1. The van der Waals surface area contributed by atoms with E-state index in [0.717, 1.165) is 57.1 Å². The highest BCUT2D eigenvalue weighted by atomic mass is 16.4. The summed E-state index contributed by atoms with van der Waals surface area (Å²) in [5.41, 5.74) is 1.08. The van der Waals surface area contributed by atoms with E-state index in [1.54, 1.807) is 0 Å². The first kappa shape index (κ1) is 24.5. The monoisotopic (exact) mass is 391 g/mol. The van der Waals surface area contributed by atoms with Gasteiger partial charge in [0.2, 0.25) is 0 Å². The van der Waals surface area contributed by atoms with Crippen molar-refractivity contribution >= 4 is 11.7 Å². The molecule has 1 aromatic rings. The summed E-state index contributed by atoms with van der Waals surface area (Å²) < 4.78 is 0. The number of benzene rings is 1. The Morgan fingerprint density at radius 1 is 0.857 bits per heavy atom. The molecule has 2 atom stereocenters. The van der Waals surface area contributed by atoms with Gasteiger partial charge in [0.25, 0.3) is 0 Å². The molecular formula is C24H41NO3. The Hall–Kier alpha value is -1.55. The van der Waals surface area contributed by atoms with Gasteiger partial charge in [0.15, 0.2) is 0 Å². The predicted molar refractivity (Wildman–Crippen MR) is 118 cm³/mol. The van der Waals surface area contributed by atoms with E-state index in [0.29, 0.717) is 0 Å². The number of carboxylic acid groups (broad SMARTS) is 1. The van der Waals surface area contributed by atoms with Gasteiger partial charge in [-0.05, 0) is 31.4 Å². The highest BCUT2D eigenvalue weighted by molar-refractivity contribution is 5.66. The van der Waals surface area contributed by atoms with Crippen LogP contribution < -0.4 is 5.32 Å². The van der Waals surface area contributed by atoms with Crippen LogP contribution in [0.4, 0.5) is 5.69 Å². The molecule has 0 saturated carbocycles. The number of para-hydroxylation sites is 1. The van der Waals surface area contributed by atoms with Crippen LogP contribution in [-0.4, -0.2) is 28.3 Å². The Morgan fingerprint density at radius 2 is 1.43 bits per heavy atom. The highest BCUT2D eigenvalue weighted by Crippen LogP contribution is 2.19. The maximum Gasteiger partial charge on any atom is 0.303 e. The lowest BCUT2D eigenvalue weighted by atomic mass is 9.97. The zero-order valence-electron chi connectivity index (χ0n) is 17.7. The summed E-state index contributed by atoms with van der Waals surface area (Å²) in [6.45, 7) is 2.24. The van der Waals surface area contributed by atoms with Crippen molar-refractivity contribution in [2.75, 3.05) is 5.32 Å². The lowest BCUT2D eigenvalue weighted by Gasteiger charge is -2.25. The number of aliphatic hydroxyl groups excluding tert-OH is 1. The van der Waals surface area contributed by atoms with Gasteiger partial charge in [0, 0.05) is 12.1 Å². The topological polar surface area (TPSA) is 69.6 Å². The fourth-order valence-corrected chi connectivity index (χ4v) is 3.61. The molecule has 1 aromatic carbocycles. The number of carboxylic acids is 1. The van der Waals surface area contributed by atoms with E-state index >= 15 is 0 Å². The van der Waals surface area contributed by atoms with Gasteiger partial charge in [-0.3, -0.25) is 4.79 Å². The summed E-state index contributed by atoms with van der Waals surface area (Å²) in [5, 5.41) is 22.9. The van der Waals surface area contributed by atoms with Crippen LogP contribution in [0.3, 0.4) is 0 Å². The lowest BCUT2D eigenvalue weighted by Crippen LogP contribution is -2.33. The van der Waals surface area contributed by atoms with Crippen molar-refractivity contribution in [3.05, 3.63) is 30.3 Å². The number of unbranched alkanes of at least 4 members (excludes halogenated alkanes) is 9. The van der Waals surface area contributed by atoms with E-state index in [4.69, 9.17) is 5.11 Å². The number of rotatable bonds is 18. The Balaban J connectivity index is 2.32. The maximum atomic E-state index is 10.7. The molecule has 3 N–H and O–H groups in total. The van der Waals surface area contributed by atoms with Gasteiger partial charge in [-0.1, -0.05) is 89.3 Å². The van der Waals surface area contributed by atoms with E-state index in [1.807, 2.05) is 18.2 Å². The number of aliphatic hydroxyl groups is 1. The average Bonchev–Trinajstić information content (AvgIpc) is 2.69. The Labute approximate surface area is 171 Å². The van der Waals surface area contributed by atoms with Gasteiger partial charge in [-0.25, -0.2) is 0 Å². The summed E-state index contributed by atoms with van der Waals surface area (Å²) >= 11 is 0. The van der Waals surface area contributed by atoms with E-state index in [1.165, 1.54) is 32.1 Å². The van der Waals surface area contributed by atoms with Gasteiger partial charge < -0.3 is 15.5 Å². The Morgan fingerprint density at radius 3 is 2.07 bits per heavy atom. The first-order valence-electron chi connectivity index (χ1n) is 11.3. The number of nitrogens with one attached hydrogen (secondary N) is 1. The lowest BCUT2D eigenvalue weighted by molar-refractivity contribution is -0.137. The summed E-state index contributed by atoms with van der Waals surface area (Å²) in [7, 11) is 0. The van der Waals surface area contributed by atoms with Crippen molar-refractivity contribution in [3.8, 4) is 0 Å². The van der Waals surface area contributed by atoms with Crippen LogP contribution in [0.15, 0.2) is 30.3 Å². The minimum atomic E-state index is -0.708. The fourth-order valence-electron chi connectivity index (χ4n) is 3.61. The van der Waals surface area contributed by atoms with Gasteiger partial charge >= 0.3 is 5.97 Å². The molecule has 0 radical (unpaired) electrons. The SMILES string of the molecule is CCCCCCCC[C@@H](Nc1ccccc1)[C@H](O)CCCCCCCC(=O)O. The number of hydrogen-bond acceptors (Lipinski definition) is 3. The molecule has 0 saturated heterocycles. The normalized spacial score (nSPS) is 13.2. The average molecular weight is 392 g/mol. The first-order valence-corrected chi connectivity index (χ1v) is 11.3. The molecule has 0 aliphatic rings. The Kier molecular flexibility index (Phi) is 14.4. The van der Waals surface area contributed by atoms with Crippen molar-refractivity contribution in [2.24, 2.45) is 0 Å². The van der Waals surface area contributed by atoms with Crippen molar-refractivity contribution in [2.45, 2.75) is 109 Å². The van der Waals surface area contributed by atoms with Crippen molar-refractivity contribution in [3.63, 3.8) is 0 Å².